The summed E-state index contributed by atoms with van der Waals surface area (Å²) in [6, 6.07) is 12.1. The number of methoxy groups -OCH3 is 1. The van der Waals surface area contributed by atoms with Gasteiger partial charge in [0.1, 0.15) is 11.5 Å². The van der Waals surface area contributed by atoms with Crippen molar-refractivity contribution in [3.8, 4) is 11.5 Å². The van der Waals surface area contributed by atoms with Gasteiger partial charge in [-0.05, 0) is 36.8 Å². The molecule has 1 amide bonds. The van der Waals surface area contributed by atoms with E-state index in [4.69, 9.17) is 4.74 Å². The first-order valence-electron chi connectivity index (χ1n) is 6.44. The predicted octanol–water partition coefficient (Wildman–Crippen LogP) is 3.65. The van der Waals surface area contributed by atoms with Crippen molar-refractivity contribution in [3.63, 3.8) is 0 Å². The van der Waals surface area contributed by atoms with Crippen LogP contribution in [-0.4, -0.2) is 18.1 Å². The SMILES string of the molecule is COc1ccc(C(=O)NC(C)c2ccc(Br)cc2)c(O)c1. The summed E-state index contributed by atoms with van der Waals surface area (Å²) in [5.41, 5.74) is 1.21. The average Bonchev–Trinajstić information content (AvgIpc) is 2.47. The highest BCUT2D eigenvalue weighted by atomic mass is 79.9. The Hall–Kier alpha value is -2.01. The molecule has 0 bridgehead atoms. The van der Waals surface area contributed by atoms with Crippen LogP contribution in [0.5, 0.6) is 11.5 Å². The number of benzene rings is 2. The second kappa shape index (κ2) is 6.63. The molecule has 4 nitrogen and oxygen atoms in total. The quantitative estimate of drug-likeness (QED) is 0.885. The van der Waals surface area contributed by atoms with E-state index in [1.165, 1.54) is 19.2 Å². The van der Waals surface area contributed by atoms with Crippen LogP contribution in [0.4, 0.5) is 0 Å². The van der Waals surface area contributed by atoms with Crippen LogP contribution >= 0.6 is 15.9 Å². The second-order valence-electron chi connectivity index (χ2n) is 4.63. The standard InChI is InChI=1S/C16H16BrNO3/c1-10(11-3-5-12(17)6-4-11)18-16(20)14-8-7-13(21-2)9-15(14)19/h3-10,19H,1-2H3,(H,18,20). The molecule has 1 atom stereocenters. The lowest BCUT2D eigenvalue weighted by molar-refractivity contribution is 0.0937. The number of phenols is 1. The van der Waals surface area contributed by atoms with Crippen LogP contribution < -0.4 is 10.1 Å². The van der Waals surface area contributed by atoms with E-state index in [1.54, 1.807) is 6.07 Å². The fourth-order valence-corrected chi connectivity index (χ4v) is 2.20. The van der Waals surface area contributed by atoms with E-state index < -0.39 is 0 Å². The van der Waals surface area contributed by atoms with E-state index in [9.17, 15) is 9.90 Å². The lowest BCUT2D eigenvalue weighted by Gasteiger charge is -2.15. The van der Waals surface area contributed by atoms with Gasteiger partial charge < -0.3 is 15.2 Å². The fourth-order valence-electron chi connectivity index (χ4n) is 1.94. The van der Waals surface area contributed by atoms with Crippen LogP contribution in [0, 0.1) is 0 Å². The topological polar surface area (TPSA) is 58.6 Å². The van der Waals surface area contributed by atoms with Crippen molar-refractivity contribution >= 4 is 21.8 Å². The third-order valence-corrected chi connectivity index (χ3v) is 3.70. The first-order chi connectivity index (χ1) is 10.0. The van der Waals surface area contributed by atoms with Crippen LogP contribution in [-0.2, 0) is 0 Å². The minimum absolute atomic E-state index is 0.102. The number of rotatable bonds is 4. The summed E-state index contributed by atoms with van der Waals surface area (Å²) < 4.78 is 5.98. The monoisotopic (exact) mass is 349 g/mol. The smallest absolute Gasteiger partial charge is 0.255 e. The summed E-state index contributed by atoms with van der Waals surface area (Å²) >= 11 is 3.37. The first kappa shape index (κ1) is 15.4. The zero-order valence-corrected chi connectivity index (χ0v) is 13.3. The van der Waals surface area contributed by atoms with Crippen molar-refractivity contribution in [1.82, 2.24) is 5.32 Å². The number of ether oxygens (including phenoxy) is 1. The number of halogens is 1. The highest BCUT2D eigenvalue weighted by Crippen LogP contribution is 2.24. The summed E-state index contributed by atoms with van der Waals surface area (Å²) in [5.74, 6) is 0.0745. The van der Waals surface area contributed by atoms with E-state index in [0.717, 1.165) is 10.0 Å². The van der Waals surface area contributed by atoms with Gasteiger partial charge in [0.05, 0.1) is 18.7 Å². The maximum Gasteiger partial charge on any atom is 0.255 e. The van der Waals surface area contributed by atoms with Gasteiger partial charge >= 0.3 is 0 Å². The molecule has 0 aliphatic heterocycles. The summed E-state index contributed by atoms with van der Waals surface area (Å²) in [4.78, 5) is 12.2. The lowest BCUT2D eigenvalue weighted by atomic mass is 10.1. The molecule has 2 rings (SSSR count). The van der Waals surface area contributed by atoms with E-state index in [2.05, 4.69) is 21.2 Å². The normalized spacial score (nSPS) is 11.8. The molecule has 2 aromatic rings. The Kier molecular flexibility index (Phi) is 4.85. The number of phenolic OH excluding ortho intramolecular Hbond substituents is 1. The van der Waals surface area contributed by atoms with E-state index in [0.29, 0.717) is 5.75 Å². The fraction of sp³-hybridized carbons (Fsp3) is 0.188. The molecular formula is C16H16BrNO3. The molecule has 0 radical (unpaired) electrons. The van der Waals surface area contributed by atoms with Crippen LogP contribution in [0.15, 0.2) is 46.9 Å². The Morgan fingerprint density at radius 2 is 1.90 bits per heavy atom. The molecule has 0 heterocycles. The molecule has 0 aromatic heterocycles. The number of carbonyl (C=O) groups is 1. The van der Waals surface area contributed by atoms with Gasteiger partial charge in [0, 0.05) is 10.5 Å². The van der Waals surface area contributed by atoms with Crippen LogP contribution in [0.3, 0.4) is 0 Å². The van der Waals surface area contributed by atoms with Gasteiger partial charge in [0.25, 0.3) is 5.91 Å². The summed E-state index contributed by atoms with van der Waals surface area (Å²) in [7, 11) is 1.50. The first-order valence-corrected chi connectivity index (χ1v) is 7.24. The van der Waals surface area contributed by atoms with Crippen molar-refractivity contribution in [2.75, 3.05) is 7.11 Å². The molecule has 110 valence electrons. The van der Waals surface area contributed by atoms with Gasteiger partial charge in [-0.2, -0.15) is 0 Å². The zero-order chi connectivity index (χ0) is 15.4. The van der Waals surface area contributed by atoms with Gasteiger partial charge in [-0.3, -0.25) is 4.79 Å². The number of nitrogens with one attached hydrogen (secondary N) is 1. The summed E-state index contributed by atoms with van der Waals surface area (Å²) in [5, 5.41) is 12.7. The molecule has 0 aliphatic carbocycles. The Labute approximate surface area is 131 Å². The van der Waals surface area contributed by atoms with Crippen LogP contribution in [0.1, 0.15) is 28.9 Å². The predicted molar refractivity (Wildman–Crippen MR) is 84.7 cm³/mol. The molecule has 0 saturated carbocycles. The molecule has 2 aromatic carbocycles. The minimum atomic E-state index is -0.328. The maximum absolute atomic E-state index is 12.2. The van der Waals surface area contributed by atoms with Gasteiger partial charge in [-0.1, -0.05) is 28.1 Å². The molecule has 2 N–H and O–H groups in total. The summed E-state index contributed by atoms with van der Waals surface area (Å²) in [6.07, 6.45) is 0. The van der Waals surface area contributed by atoms with Crippen molar-refractivity contribution in [1.29, 1.82) is 0 Å². The van der Waals surface area contributed by atoms with E-state index >= 15 is 0 Å². The largest absolute Gasteiger partial charge is 0.507 e. The highest BCUT2D eigenvalue weighted by Gasteiger charge is 2.15. The zero-order valence-electron chi connectivity index (χ0n) is 11.8. The van der Waals surface area contributed by atoms with E-state index in [1.807, 2.05) is 31.2 Å². The molecule has 0 saturated heterocycles. The molecule has 1 unspecified atom stereocenters. The van der Waals surface area contributed by atoms with Crippen molar-refractivity contribution < 1.29 is 14.6 Å². The third-order valence-electron chi connectivity index (χ3n) is 3.17. The van der Waals surface area contributed by atoms with Gasteiger partial charge in [0.2, 0.25) is 0 Å². The lowest BCUT2D eigenvalue weighted by Crippen LogP contribution is -2.26. The molecule has 0 spiro atoms. The van der Waals surface area contributed by atoms with Crippen molar-refractivity contribution in [3.05, 3.63) is 58.1 Å². The number of hydrogen-bond acceptors (Lipinski definition) is 3. The van der Waals surface area contributed by atoms with E-state index in [-0.39, 0.29) is 23.3 Å². The highest BCUT2D eigenvalue weighted by molar-refractivity contribution is 9.10. The molecule has 0 fully saturated rings. The number of amides is 1. The van der Waals surface area contributed by atoms with Crippen LogP contribution in [0.2, 0.25) is 0 Å². The van der Waals surface area contributed by atoms with Gasteiger partial charge in [-0.15, -0.1) is 0 Å². The number of aromatic hydroxyl groups is 1. The molecule has 5 heteroatoms. The minimum Gasteiger partial charge on any atom is -0.507 e. The Balaban J connectivity index is 2.12. The molecular weight excluding hydrogens is 334 g/mol. The number of hydrogen-bond donors (Lipinski definition) is 2. The number of carbonyl (C=O) groups excluding carboxylic acids is 1. The van der Waals surface area contributed by atoms with Crippen molar-refractivity contribution in [2.45, 2.75) is 13.0 Å². The Bertz CT molecular complexity index is 640. The molecule has 0 aliphatic rings. The van der Waals surface area contributed by atoms with Gasteiger partial charge in [-0.25, -0.2) is 0 Å². The Morgan fingerprint density at radius 1 is 1.24 bits per heavy atom. The third kappa shape index (κ3) is 3.76. The maximum atomic E-state index is 12.2. The average molecular weight is 350 g/mol. The van der Waals surface area contributed by atoms with Crippen LogP contribution in [0.25, 0.3) is 0 Å². The Morgan fingerprint density at radius 3 is 2.48 bits per heavy atom. The van der Waals surface area contributed by atoms with Gasteiger partial charge in [0.15, 0.2) is 0 Å². The second-order valence-corrected chi connectivity index (χ2v) is 5.55. The molecule has 21 heavy (non-hydrogen) atoms. The summed E-state index contributed by atoms with van der Waals surface area (Å²) in [6.45, 7) is 1.89. The van der Waals surface area contributed by atoms with Crippen molar-refractivity contribution in [2.24, 2.45) is 0 Å².